The summed E-state index contributed by atoms with van der Waals surface area (Å²) in [5.41, 5.74) is 9.18. The third kappa shape index (κ3) is 6.54. The number of benzene rings is 1. The Bertz CT molecular complexity index is 2590. The highest BCUT2D eigenvalue weighted by Crippen LogP contribution is 2.34. The number of anilines is 1. The third-order valence-electron chi connectivity index (χ3n) is 11.7. The summed E-state index contributed by atoms with van der Waals surface area (Å²) in [5.74, 6) is -0.883. The van der Waals surface area contributed by atoms with E-state index in [4.69, 9.17) is 5.73 Å². The summed E-state index contributed by atoms with van der Waals surface area (Å²) in [6.45, 7) is 4.22. The lowest BCUT2D eigenvalue weighted by Crippen LogP contribution is -2.44. The van der Waals surface area contributed by atoms with Gasteiger partial charge in [0.15, 0.2) is 5.69 Å². The molecule has 0 radical (unpaired) electrons. The summed E-state index contributed by atoms with van der Waals surface area (Å²) in [4.78, 5) is 54.2. The van der Waals surface area contributed by atoms with Gasteiger partial charge in [-0.25, -0.2) is 22.8 Å². The predicted octanol–water partition coefficient (Wildman–Crippen LogP) is 3.00. The van der Waals surface area contributed by atoms with E-state index in [0.29, 0.717) is 28.3 Å². The van der Waals surface area contributed by atoms with E-state index < -0.39 is 24.3 Å². The molecule has 3 amide bonds. The van der Waals surface area contributed by atoms with Crippen molar-refractivity contribution in [3.05, 3.63) is 76.7 Å². The number of primary amides is 1. The van der Waals surface area contributed by atoms with Crippen LogP contribution >= 0.6 is 0 Å². The zero-order chi connectivity index (χ0) is 39.5. The number of carbonyl (C=O) groups excluding carboxylic acids is 3. The van der Waals surface area contributed by atoms with Crippen molar-refractivity contribution in [3.63, 3.8) is 0 Å². The molecule has 0 bridgehead atoms. The molecule has 17 nitrogen and oxygen atoms in total. The number of aryl methyl sites for hydroxylation is 1. The molecule has 3 N–H and O–H groups in total. The molecule has 6 aromatic rings. The van der Waals surface area contributed by atoms with Crippen LogP contribution in [-0.4, -0.2) is 98.9 Å². The smallest absolute Gasteiger partial charge is 0.329 e. The number of nitrogens with two attached hydrogens (primary N) is 1. The SMILES string of the molecule is Cn1c(=O)n(C2CCC(=O)NC2=O)c2cccc(N3CCC(CN4CCC(n5cc(-n6cc(-c7ccc8cc(C(N)=O)cnn78)nn6)c(C(F)F)n5)CC4)CC3)c21. The van der Waals surface area contributed by atoms with Crippen molar-refractivity contribution < 1.29 is 23.2 Å². The molecule has 3 aliphatic heterocycles. The van der Waals surface area contributed by atoms with Gasteiger partial charge in [-0.1, -0.05) is 11.3 Å². The average molecular weight is 782 g/mol. The Morgan fingerprint density at radius 2 is 1.77 bits per heavy atom. The number of para-hydroxylation sites is 1. The maximum absolute atomic E-state index is 14.3. The highest BCUT2D eigenvalue weighted by Gasteiger charge is 2.33. The van der Waals surface area contributed by atoms with Crippen molar-refractivity contribution in [3.8, 4) is 17.1 Å². The van der Waals surface area contributed by atoms with Crippen LogP contribution in [0.4, 0.5) is 14.5 Å². The Balaban J connectivity index is 0.832. The molecule has 1 aromatic carbocycles. The second-order valence-electron chi connectivity index (χ2n) is 15.2. The fraction of sp³-hybridized carbons (Fsp3) is 0.421. The summed E-state index contributed by atoms with van der Waals surface area (Å²) in [6, 6.07) is 10.1. The first-order chi connectivity index (χ1) is 27.5. The average Bonchev–Trinajstić information content (AvgIpc) is 4.01. The van der Waals surface area contributed by atoms with E-state index in [1.807, 2.05) is 18.2 Å². The zero-order valence-corrected chi connectivity index (χ0v) is 31.2. The summed E-state index contributed by atoms with van der Waals surface area (Å²) in [7, 11) is 1.73. The Kier molecular flexibility index (Phi) is 9.17. The maximum atomic E-state index is 14.3. The van der Waals surface area contributed by atoms with Crippen molar-refractivity contribution in [1.82, 2.24) is 53.7 Å². The van der Waals surface area contributed by atoms with Gasteiger partial charge < -0.3 is 15.5 Å². The minimum absolute atomic E-state index is 0.0461. The van der Waals surface area contributed by atoms with Gasteiger partial charge in [0.2, 0.25) is 17.7 Å². The number of imidazole rings is 1. The molecule has 3 fully saturated rings. The molecule has 3 saturated heterocycles. The predicted molar refractivity (Wildman–Crippen MR) is 203 cm³/mol. The largest absolute Gasteiger partial charge is 0.370 e. The number of rotatable bonds is 9. The van der Waals surface area contributed by atoms with Gasteiger partial charge in [-0.05, 0) is 68.4 Å². The maximum Gasteiger partial charge on any atom is 0.329 e. The Morgan fingerprint density at radius 1 is 0.982 bits per heavy atom. The molecule has 19 heteroatoms. The topological polar surface area (TPSA) is 188 Å². The molecule has 57 heavy (non-hydrogen) atoms. The molecule has 0 spiro atoms. The van der Waals surface area contributed by atoms with Crippen molar-refractivity contribution in [2.24, 2.45) is 18.7 Å². The number of likely N-dealkylation sites (tertiary alicyclic amines) is 1. The van der Waals surface area contributed by atoms with Crippen LogP contribution in [0.15, 0.2) is 59.8 Å². The minimum Gasteiger partial charge on any atom is -0.370 e. The van der Waals surface area contributed by atoms with Crippen LogP contribution in [0.1, 0.15) is 73.1 Å². The normalized spacial score (nSPS) is 19.0. The molecule has 5 aromatic heterocycles. The molecule has 296 valence electrons. The fourth-order valence-electron chi connectivity index (χ4n) is 8.73. The van der Waals surface area contributed by atoms with Gasteiger partial charge in [0.25, 0.3) is 6.43 Å². The van der Waals surface area contributed by atoms with Crippen molar-refractivity contribution in [2.75, 3.05) is 37.6 Å². The highest BCUT2D eigenvalue weighted by atomic mass is 19.3. The minimum atomic E-state index is -2.81. The number of alkyl halides is 2. The summed E-state index contributed by atoms with van der Waals surface area (Å²) >= 11 is 0. The van der Waals surface area contributed by atoms with Gasteiger partial charge in [0.05, 0.1) is 58.1 Å². The second-order valence-corrected chi connectivity index (χ2v) is 15.2. The van der Waals surface area contributed by atoms with Crippen LogP contribution < -0.4 is 21.6 Å². The molecular weight excluding hydrogens is 741 g/mol. The van der Waals surface area contributed by atoms with Crippen LogP contribution in [-0.2, 0) is 16.6 Å². The molecule has 8 heterocycles. The quantitative estimate of drug-likeness (QED) is 0.207. The zero-order valence-electron chi connectivity index (χ0n) is 31.2. The Morgan fingerprint density at radius 3 is 2.51 bits per heavy atom. The number of hydrogen-bond donors (Lipinski definition) is 2. The first-order valence-corrected chi connectivity index (χ1v) is 19.1. The molecule has 0 saturated carbocycles. The summed E-state index contributed by atoms with van der Waals surface area (Å²) < 4.78 is 36.3. The number of aromatic nitrogens is 9. The van der Waals surface area contributed by atoms with Crippen LogP contribution in [0.3, 0.4) is 0 Å². The first-order valence-electron chi connectivity index (χ1n) is 19.1. The van der Waals surface area contributed by atoms with Gasteiger partial charge in [0, 0.05) is 46.2 Å². The number of imide groups is 1. The highest BCUT2D eigenvalue weighted by molar-refractivity contribution is 6.00. The third-order valence-corrected chi connectivity index (χ3v) is 11.7. The van der Waals surface area contributed by atoms with Crippen LogP contribution in [0.5, 0.6) is 0 Å². The number of hydrogen-bond acceptors (Lipinski definition) is 10. The lowest BCUT2D eigenvalue weighted by atomic mass is 9.94. The number of fused-ring (bicyclic) bond motifs is 2. The van der Waals surface area contributed by atoms with Crippen LogP contribution in [0.2, 0.25) is 0 Å². The standard InChI is InChI=1S/C38H41F2N13O4/c1-47-34-28(3-2-4-29(34)52(38(47)57)30-7-8-32(54)43-37(30)56)49-15-9-22(10-16-49)19-48-13-11-24(12-14-48)50-21-31(33(45-50)35(39)40)51-20-26(44-46-51)27-6-5-25-17-23(36(41)55)18-42-53(25)27/h2-6,17-18,20-22,24,30,35H,7-16,19H2,1H3,(H2,41,55)(H,43,54,56). The molecule has 1 unspecified atom stereocenters. The number of amides is 3. The van der Waals surface area contributed by atoms with Crippen LogP contribution in [0, 0.1) is 5.92 Å². The summed E-state index contributed by atoms with van der Waals surface area (Å²) in [5, 5.41) is 19.4. The van der Waals surface area contributed by atoms with Gasteiger partial charge >= 0.3 is 5.69 Å². The second kappa shape index (κ2) is 14.4. The number of carbonyl (C=O) groups is 3. The first kappa shape index (κ1) is 36.4. The van der Waals surface area contributed by atoms with E-state index in [1.165, 1.54) is 15.4 Å². The van der Waals surface area contributed by atoms with Crippen molar-refractivity contribution >= 4 is 40.0 Å². The molecule has 3 aliphatic rings. The van der Waals surface area contributed by atoms with Gasteiger partial charge in [0.1, 0.15) is 17.4 Å². The number of piperidine rings is 3. The lowest BCUT2D eigenvalue weighted by molar-refractivity contribution is -0.135. The monoisotopic (exact) mass is 781 g/mol. The van der Waals surface area contributed by atoms with E-state index in [0.717, 1.165) is 69.6 Å². The van der Waals surface area contributed by atoms with Crippen molar-refractivity contribution in [1.29, 1.82) is 0 Å². The lowest BCUT2D eigenvalue weighted by Gasteiger charge is -2.38. The van der Waals surface area contributed by atoms with Gasteiger partial charge in [-0.15, -0.1) is 5.10 Å². The number of nitrogens with zero attached hydrogens (tertiary/aromatic N) is 11. The number of halogens is 2. The van der Waals surface area contributed by atoms with E-state index in [-0.39, 0.29) is 47.4 Å². The van der Waals surface area contributed by atoms with Crippen LogP contribution in [0.25, 0.3) is 33.6 Å². The fourth-order valence-corrected chi connectivity index (χ4v) is 8.73. The molecular formula is C38H41F2N13O4. The van der Waals surface area contributed by atoms with Crippen molar-refractivity contribution in [2.45, 2.75) is 57.0 Å². The van der Waals surface area contributed by atoms with Gasteiger partial charge in [-0.3, -0.25) is 33.5 Å². The molecule has 0 aliphatic carbocycles. The van der Waals surface area contributed by atoms with E-state index >= 15 is 0 Å². The Labute approximate surface area is 323 Å². The van der Waals surface area contributed by atoms with Gasteiger partial charge in [-0.2, -0.15) is 10.2 Å². The summed E-state index contributed by atoms with van der Waals surface area (Å²) in [6.07, 6.45) is 5.68. The number of nitrogens with one attached hydrogen (secondary N) is 1. The molecule has 9 rings (SSSR count). The molecule has 1 atom stereocenters. The van der Waals surface area contributed by atoms with E-state index in [2.05, 4.69) is 35.6 Å². The Hall–Kier alpha value is -6.24. The van der Waals surface area contributed by atoms with E-state index in [1.54, 1.807) is 51.4 Å². The van der Waals surface area contributed by atoms with E-state index in [9.17, 15) is 28.0 Å².